The molecule has 3 heteroatoms. The first-order chi connectivity index (χ1) is 8.56. The molecule has 1 atom stereocenters. The van der Waals surface area contributed by atoms with Gasteiger partial charge in [-0.1, -0.05) is 29.8 Å². The van der Waals surface area contributed by atoms with E-state index in [1.807, 2.05) is 12.1 Å². The van der Waals surface area contributed by atoms with Gasteiger partial charge in [0.2, 0.25) is 0 Å². The molecular weight excluding hydrogens is 357 g/mol. The molecule has 1 N–H and O–H groups in total. The molecule has 0 amide bonds. The van der Waals surface area contributed by atoms with Gasteiger partial charge in [-0.25, -0.2) is 0 Å². The van der Waals surface area contributed by atoms with Crippen LogP contribution < -0.4 is 5.32 Å². The van der Waals surface area contributed by atoms with Gasteiger partial charge in [0.1, 0.15) is 0 Å². The summed E-state index contributed by atoms with van der Waals surface area (Å²) in [6.07, 6.45) is 0. The molecule has 18 heavy (non-hydrogen) atoms. The maximum absolute atomic E-state index is 5.89. The first-order valence-corrected chi connectivity index (χ1v) is 7.30. The lowest BCUT2D eigenvalue weighted by molar-refractivity contribution is 0.884. The van der Waals surface area contributed by atoms with E-state index < -0.39 is 0 Å². The molecule has 0 saturated carbocycles. The fourth-order valence-corrected chi connectivity index (χ4v) is 2.41. The third kappa shape index (κ3) is 3.39. The lowest BCUT2D eigenvalue weighted by Gasteiger charge is -2.16. The van der Waals surface area contributed by atoms with Crippen LogP contribution in [-0.2, 0) is 0 Å². The summed E-state index contributed by atoms with van der Waals surface area (Å²) in [6, 6.07) is 14.6. The molecule has 0 aliphatic rings. The van der Waals surface area contributed by atoms with Crippen molar-refractivity contribution in [2.45, 2.75) is 19.9 Å². The molecule has 0 aromatic heterocycles. The molecule has 0 saturated heterocycles. The highest BCUT2D eigenvalue weighted by Gasteiger charge is 2.05. The van der Waals surface area contributed by atoms with Crippen molar-refractivity contribution in [2.75, 3.05) is 5.32 Å². The molecule has 94 valence electrons. The zero-order valence-electron chi connectivity index (χ0n) is 10.4. The number of rotatable bonds is 3. The third-order valence-corrected chi connectivity index (χ3v) is 4.34. The molecule has 2 aromatic carbocycles. The predicted molar refractivity (Wildman–Crippen MR) is 87.4 cm³/mol. The Morgan fingerprint density at radius 1 is 1.11 bits per heavy atom. The summed E-state index contributed by atoms with van der Waals surface area (Å²) in [5.41, 5.74) is 3.68. The molecule has 0 aliphatic heterocycles. The standard InChI is InChI=1S/C15H15ClIN/c1-10-3-8-14(9-15(10)17)18-11(2)12-4-6-13(16)7-5-12/h3-9,11,18H,1-2H3. The molecule has 0 radical (unpaired) electrons. The highest BCUT2D eigenvalue weighted by atomic mass is 127. The Morgan fingerprint density at radius 2 is 1.78 bits per heavy atom. The Balaban J connectivity index is 2.13. The fourth-order valence-electron chi connectivity index (χ4n) is 1.77. The summed E-state index contributed by atoms with van der Waals surface area (Å²) in [4.78, 5) is 0. The van der Waals surface area contributed by atoms with Gasteiger partial charge < -0.3 is 5.32 Å². The molecule has 0 spiro atoms. The van der Waals surface area contributed by atoms with Crippen molar-refractivity contribution in [3.8, 4) is 0 Å². The second-order valence-electron chi connectivity index (χ2n) is 4.38. The summed E-state index contributed by atoms with van der Waals surface area (Å²) in [6.45, 7) is 4.27. The zero-order valence-corrected chi connectivity index (χ0v) is 13.3. The molecular formula is C15H15ClIN. The molecule has 0 bridgehead atoms. The maximum atomic E-state index is 5.89. The molecule has 0 fully saturated rings. The highest BCUT2D eigenvalue weighted by Crippen LogP contribution is 2.23. The van der Waals surface area contributed by atoms with Crippen molar-refractivity contribution in [1.82, 2.24) is 0 Å². The van der Waals surface area contributed by atoms with Crippen LogP contribution in [0.4, 0.5) is 5.69 Å². The van der Waals surface area contributed by atoms with Crippen LogP contribution in [0, 0.1) is 10.5 Å². The van der Waals surface area contributed by atoms with Crippen LogP contribution in [0.1, 0.15) is 24.1 Å². The van der Waals surface area contributed by atoms with Crippen molar-refractivity contribution in [2.24, 2.45) is 0 Å². The van der Waals surface area contributed by atoms with Crippen LogP contribution in [0.5, 0.6) is 0 Å². The summed E-state index contributed by atoms with van der Waals surface area (Å²) in [5.74, 6) is 0. The number of benzene rings is 2. The Morgan fingerprint density at radius 3 is 2.39 bits per heavy atom. The van der Waals surface area contributed by atoms with E-state index in [1.165, 1.54) is 14.7 Å². The van der Waals surface area contributed by atoms with Crippen LogP contribution in [-0.4, -0.2) is 0 Å². The van der Waals surface area contributed by atoms with Gasteiger partial charge in [-0.15, -0.1) is 0 Å². The van der Waals surface area contributed by atoms with E-state index >= 15 is 0 Å². The Kier molecular flexibility index (Phi) is 4.51. The predicted octanol–water partition coefficient (Wildman–Crippen LogP) is 5.43. The van der Waals surface area contributed by atoms with Crippen molar-refractivity contribution >= 4 is 39.9 Å². The van der Waals surface area contributed by atoms with Gasteiger partial charge in [-0.05, 0) is 71.8 Å². The summed E-state index contributed by atoms with van der Waals surface area (Å²) in [5, 5.41) is 4.27. The van der Waals surface area contributed by atoms with Gasteiger partial charge in [0, 0.05) is 20.3 Å². The minimum atomic E-state index is 0.265. The van der Waals surface area contributed by atoms with Crippen LogP contribution in [0.15, 0.2) is 42.5 Å². The highest BCUT2D eigenvalue weighted by molar-refractivity contribution is 14.1. The lowest BCUT2D eigenvalue weighted by Crippen LogP contribution is -2.06. The lowest BCUT2D eigenvalue weighted by atomic mass is 10.1. The summed E-state index contributed by atoms with van der Waals surface area (Å²) >= 11 is 8.25. The second kappa shape index (κ2) is 5.93. The maximum Gasteiger partial charge on any atom is 0.0485 e. The Bertz CT molecular complexity index is 537. The van der Waals surface area contributed by atoms with Gasteiger partial charge in [-0.3, -0.25) is 0 Å². The number of halogens is 2. The topological polar surface area (TPSA) is 12.0 Å². The average molecular weight is 372 g/mol. The minimum absolute atomic E-state index is 0.265. The molecule has 0 heterocycles. The van der Waals surface area contributed by atoms with Gasteiger partial charge in [0.25, 0.3) is 0 Å². The SMILES string of the molecule is Cc1ccc(NC(C)c2ccc(Cl)cc2)cc1I. The van der Waals surface area contributed by atoms with Crippen LogP contribution in [0.25, 0.3) is 0 Å². The monoisotopic (exact) mass is 371 g/mol. The smallest absolute Gasteiger partial charge is 0.0485 e. The number of nitrogens with one attached hydrogen (secondary N) is 1. The number of aryl methyl sites for hydroxylation is 1. The van der Waals surface area contributed by atoms with Crippen LogP contribution in [0.2, 0.25) is 5.02 Å². The molecule has 0 aliphatic carbocycles. The Hall–Kier alpha value is -0.740. The van der Waals surface area contributed by atoms with E-state index in [4.69, 9.17) is 11.6 Å². The van der Waals surface area contributed by atoms with Gasteiger partial charge in [0.15, 0.2) is 0 Å². The first-order valence-electron chi connectivity index (χ1n) is 5.84. The summed E-state index contributed by atoms with van der Waals surface area (Å²) < 4.78 is 1.28. The van der Waals surface area contributed by atoms with Crippen molar-refractivity contribution in [3.63, 3.8) is 0 Å². The minimum Gasteiger partial charge on any atom is -0.378 e. The van der Waals surface area contributed by atoms with Crippen molar-refractivity contribution in [1.29, 1.82) is 0 Å². The van der Waals surface area contributed by atoms with E-state index in [2.05, 4.69) is 72.1 Å². The van der Waals surface area contributed by atoms with Gasteiger partial charge in [0.05, 0.1) is 0 Å². The average Bonchev–Trinajstić information content (AvgIpc) is 2.34. The second-order valence-corrected chi connectivity index (χ2v) is 5.98. The summed E-state index contributed by atoms with van der Waals surface area (Å²) in [7, 11) is 0. The quantitative estimate of drug-likeness (QED) is 0.710. The van der Waals surface area contributed by atoms with E-state index in [0.717, 1.165) is 10.7 Å². The van der Waals surface area contributed by atoms with E-state index in [0.29, 0.717) is 0 Å². The van der Waals surface area contributed by atoms with Crippen molar-refractivity contribution in [3.05, 3.63) is 62.2 Å². The molecule has 1 nitrogen and oxygen atoms in total. The first kappa shape index (κ1) is 13.7. The van der Waals surface area contributed by atoms with Crippen LogP contribution >= 0.6 is 34.2 Å². The van der Waals surface area contributed by atoms with Gasteiger partial charge >= 0.3 is 0 Å². The Labute approximate surface area is 127 Å². The molecule has 2 aromatic rings. The molecule has 1 unspecified atom stereocenters. The largest absolute Gasteiger partial charge is 0.378 e. The van der Waals surface area contributed by atoms with Crippen LogP contribution in [0.3, 0.4) is 0 Å². The van der Waals surface area contributed by atoms with E-state index in [9.17, 15) is 0 Å². The molecule has 2 rings (SSSR count). The van der Waals surface area contributed by atoms with E-state index in [1.54, 1.807) is 0 Å². The normalized spacial score (nSPS) is 12.2. The third-order valence-electron chi connectivity index (χ3n) is 2.93. The fraction of sp³-hybridized carbons (Fsp3) is 0.200. The number of anilines is 1. The van der Waals surface area contributed by atoms with Gasteiger partial charge in [-0.2, -0.15) is 0 Å². The number of hydrogen-bond acceptors (Lipinski definition) is 1. The van der Waals surface area contributed by atoms with E-state index in [-0.39, 0.29) is 6.04 Å². The zero-order chi connectivity index (χ0) is 13.1. The van der Waals surface area contributed by atoms with Crippen molar-refractivity contribution < 1.29 is 0 Å². The number of hydrogen-bond donors (Lipinski definition) is 1.